The van der Waals surface area contributed by atoms with Crippen molar-refractivity contribution in [1.29, 1.82) is 0 Å². The maximum Gasteiger partial charge on any atom is 0.0540 e. The van der Waals surface area contributed by atoms with E-state index >= 15 is 0 Å². The summed E-state index contributed by atoms with van der Waals surface area (Å²) in [5.74, 6) is 2.88. The molecule has 4 atom stereocenters. The minimum atomic E-state index is -0.0362. The first-order valence-corrected chi connectivity index (χ1v) is 7.23. The minimum Gasteiger partial charge on any atom is -0.393 e. The van der Waals surface area contributed by atoms with Gasteiger partial charge in [0.05, 0.1) is 6.10 Å². The summed E-state index contributed by atoms with van der Waals surface area (Å²) >= 11 is 0. The van der Waals surface area contributed by atoms with E-state index in [-0.39, 0.29) is 6.10 Å². The zero-order valence-electron chi connectivity index (χ0n) is 11.2. The standard InChI is InChI=1S/C15H28O/c1-4-5-13(16)9-7-11-6-8-12-10-14(11)15(12,2)3/h11-14,16H,4-10H2,1-3H3/t11-,12-,13-,14+/m0/s1. The molecule has 1 heteroatoms. The van der Waals surface area contributed by atoms with E-state index < -0.39 is 0 Å². The van der Waals surface area contributed by atoms with Gasteiger partial charge in [0.1, 0.15) is 0 Å². The van der Waals surface area contributed by atoms with Crippen molar-refractivity contribution in [3.05, 3.63) is 0 Å². The van der Waals surface area contributed by atoms with Gasteiger partial charge in [-0.1, -0.05) is 27.2 Å². The Bertz CT molecular complexity index is 232. The first kappa shape index (κ1) is 12.4. The largest absolute Gasteiger partial charge is 0.393 e. The van der Waals surface area contributed by atoms with Crippen LogP contribution in [-0.2, 0) is 0 Å². The molecule has 0 unspecified atom stereocenters. The molecule has 0 aromatic rings. The number of aliphatic hydroxyl groups excluding tert-OH is 1. The summed E-state index contributed by atoms with van der Waals surface area (Å²) in [5, 5.41) is 9.81. The second kappa shape index (κ2) is 4.68. The van der Waals surface area contributed by atoms with Crippen LogP contribution >= 0.6 is 0 Å². The number of rotatable bonds is 5. The molecule has 3 fully saturated rings. The van der Waals surface area contributed by atoms with E-state index in [1.807, 2.05) is 0 Å². The molecule has 3 aliphatic rings. The van der Waals surface area contributed by atoms with Gasteiger partial charge in [-0.3, -0.25) is 0 Å². The van der Waals surface area contributed by atoms with Crippen molar-refractivity contribution in [3.63, 3.8) is 0 Å². The second-order valence-corrected chi connectivity index (χ2v) is 6.72. The molecule has 0 saturated heterocycles. The normalized spacial score (nSPS) is 37.9. The molecule has 0 spiro atoms. The highest BCUT2D eigenvalue weighted by Crippen LogP contribution is 2.62. The van der Waals surface area contributed by atoms with Gasteiger partial charge in [0, 0.05) is 0 Å². The molecule has 16 heavy (non-hydrogen) atoms. The molecule has 0 aromatic carbocycles. The van der Waals surface area contributed by atoms with Crippen LogP contribution in [0.2, 0.25) is 0 Å². The summed E-state index contributed by atoms with van der Waals surface area (Å²) in [5.41, 5.74) is 0.610. The molecule has 1 N–H and O–H groups in total. The summed E-state index contributed by atoms with van der Waals surface area (Å²) in [6, 6.07) is 0. The summed E-state index contributed by atoms with van der Waals surface area (Å²) in [4.78, 5) is 0. The Morgan fingerprint density at radius 3 is 2.56 bits per heavy atom. The molecule has 2 bridgehead atoms. The van der Waals surface area contributed by atoms with Gasteiger partial charge in [-0.05, 0) is 61.7 Å². The van der Waals surface area contributed by atoms with Gasteiger partial charge in [0.2, 0.25) is 0 Å². The molecule has 3 aliphatic carbocycles. The molecule has 3 saturated carbocycles. The summed E-state index contributed by atoms with van der Waals surface area (Å²) in [6.45, 7) is 7.07. The molecule has 94 valence electrons. The lowest BCUT2D eigenvalue weighted by atomic mass is 9.45. The molecule has 0 aromatic heterocycles. The third kappa shape index (κ3) is 2.16. The maximum atomic E-state index is 9.81. The van der Waals surface area contributed by atoms with E-state index in [4.69, 9.17) is 0 Å². The monoisotopic (exact) mass is 224 g/mol. The fourth-order valence-electron chi connectivity index (χ4n) is 4.19. The van der Waals surface area contributed by atoms with Crippen LogP contribution in [0.5, 0.6) is 0 Å². The molecule has 1 nitrogen and oxygen atoms in total. The van der Waals surface area contributed by atoms with Gasteiger partial charge in [-0.25, -0.2) is 0 Å². The number of hydrogen-bond donors (Lipinski definition) is 1. The highest BCUT2D eigenvalue weighted by Gasteiger charge is 2.53. The minimum absolute atomic E-state index is 0.0362. The van der Waals surface area contributed by atoms with Crippen LogP contribution in [0, 0.1) is 23.2 Å². The van der Waals surface area contributed by atoms with Crippen LogP contribution < -0.4 is 0 Å². The Hall–Kier alpha value is -0.0400. The predicted molar refractivity (Wildman–Crippen MR) is 68.3 cm³/mol. The fourth-order valence-corrected chi connectivity index (χ4v) is 4.19. The van der Waals surface area contributed by atoms with E-state index in [2.05, 4.69) is 20.8 Å². The van der Waals surface area contributed by atoms with Crippen LogP contribution in [0.4, 0.5) is 0 Å². The van der Waals surface area contributed by atoms with Crippen LogP contribution in [0.15, 0.2) is 0 Å². The van der Waals surface area contributed by atoms with Gasteiger partial charge in [-0.2, -0.15) is 0 Å². The molecule has 0 aliphatic heterocycles. The first-order chi connectivity index (χ1) is 7.55. The van der Waals surface area contributed by atoms with E-state index in [1.165, 1.54) is 25.7 Å². The molecule has 3 rings (SSSR count). The van der Waals surface area contributed by atoms with Crippen molar-refractivity contribution in [2.75, 3.05) is 0 Å². The molecule has 0 amide bonds. The van der Waals surface area contributed by atoms with Crippen LogP contribution in [0.3, 0.4) is 0 Å². The van der Waals surface area contributed by atoms with Crippen molar-refractivity contribution >= 4 is 0 Å². The Balaban J connectivity index is 1.78. The van der Waals surface area contributed by atoms with Crippen LogP contribution in [0.1, 0.15) is 65.7 Å². The third-order valence-corrected chi connectivity index (χ3v) is 5.49. The Morgan fingerprint density at radius 2 is 2.00 bits per heavy atom. The Morgan fingerprint density at radius 1 is 1.25 bits per heavy atom. The average Bonchev–Trinajstić information content (AvgIpc) is 2.27. The number of aliphatic hydroxyl groups is 1. The number of hydrogen-bond acceptors (Lipinski definition) is 1. The van der Waals surface area contributed by atoms with Crippen LogP contribution in [0.25, 0.3) is 0 Å². The quantitative estimate of drug-likeness (QED) is 0.748. The lowest BCUT2D eigenvalue weighted by molar-refractivity contribution is -0.109. The summed E-state index contributed by atoms with van der Waals surface area (Å²) in [7, 11) is 0. The zero-order chi connectivity index (χ0) is 11.8. The van der Waals surface area contributed by atoms with Crippen molar-refractivity contribution in [2.24, 2.45) is 23.2 Å². The third-order valence-electron chi connectivity index (χ3n) is 5.49. The zero-order valence-corrected chi connectivity index (χ0v) is 11.2. The van der Waals surface area contributed by atoms with E-state index in [0.717, 1.165) is 37.0 Å². The maximum absolute atomic E-state index is 9.81. The van der Waals surface area contributed by atoms with Crippen molar-refractivity contribution < 1.29 is 5.11 Å². The van der Waals surface area contributed by atoms with Crippen molar-refractivity contribution in [1.82, 2.24) is 0 Å². The second-order valence-electron chi connectivity index (χ2n) is 6.72. The lowest BCUT2D eigenvalue weighted by Crippen LogP contribution is -2.52. The van der Waals surface area contributed by atoms with Gasteiger partial charge < -0.3 is 5.11 Å². The molecular weight excluding hydrogens is 196 g/mol. The SMILES string of the molecule is CCC[C@H](O)CC[C@@H]1CC[C@H]2C[C@H]1C2(C)C. The smallest absolute Gasteiger partial charge is 0.0540 e. The summed E-state index contributed by atoms with van der Waals surface area (Å²) in [6.07, 6.45) is 8.71. The highest BCUT2D eigenvalue weighted by molar-refractivity contribution is 5.03. The fraction of sp³-hybridized carbons (Fsp3) is 1.00. The molecule has 0 heterocycles. The lowest BCUT2D eigenvalue weighted by Gasteiger charge is -2.60. The molecule has 0 radical (unpaired) electrons. The van der Waals surface area contributed by atoms with E-state index in [9.17, 15) is 5.11 Å². The Kier molecular flexibility index (Phi) is 3.63. The van der Waals surface area contributed by atoms with Crippen molar-refractivity contribution in [3.8, 4) is 0 Å². The first-order valence-electron chi connectivity index (χ1n) is 7.23. The molecular formula is C15H28O. The van der Waals surface area contributed by atoms with Gasteiger partial charge in [0.15, 0.2) is 0 Å². The van der Waals surface area contributed by atoms with E-state index in [1.54, 1.807) is 0 Å². The Labute approximate surface area is 101 Å². The topological polar surface area (TPSA) is 20.2 Å². The summed E-state index contributed by atoms with van der Waals surface area (Å²) < 4.78 is 0. The van der Waals surface area contributed by atoms with Gasteiger partial charge >= 0.3 is 0 Å². The van der Waals surface area contributed by atoms with Crippen molar-refractivity contribution in [2.45, 2.75) is 71.8 Å². The van der Waals surface area contributed by atoms with Gasteiger partial charge in [0.25, 0.3) is 0 Å². The number of fused-ring (bicyclic) bond motifs is 2. The predicted octanol–water partition coefficient (Wildman–Crippen LogP) is 4.00. The highest BCUT2D eigenvalue weighted by atomic mass is 16.3. The average molecular weight is 224 g/mol. The van der Waals surface area contributed by atoms with Gasteiger partial charge in [-0.15, -0.1) is 0 Å². The van der Waals surface area contributed by atoms with Crippen LogP contribution in [-0.4, -0.2) is 11.2 Å². The van der Waals surface area contributed by atoms with E-state index in [0.29, 0.717) is 5.41 Å².